The van der Waals surface area contributed by atoms with E-state index >= 15 is 0 Å². The van der Waals surface area contributed by atoms with Crippen molar-refractivity contribution < 1.29 is 0 Å². The Morgan fingerprint density at radius 3 is 0.979 bits per heavy atom. The first kappa shape index (κ1) is 42.4. The molecule has 0 aromatic heterocycles. The molecule has 0 atom stereocenters. The van der Waals surface area contributed by atoms with Gasteiger partial charge in [-0.3, -0.25) is 0 Å². The predicted molar refractivity (Wildman–Crippen MR) is 216 cm³/mol. The summed E-state index contributed by atoms with van der Waals surface area (Å²) < 4.78 is 0. The third kappa shape index (κ3) is 15.5. The van der Waals surface area contributed by atoms with Crippen LogP contribution in [0.25, 0.3) is 0 Å². The van der Waals surface area contributed by atoms with Gasteiger partial charge in [-0.05, 0) is 97.1 Å². The smallest absolute Gasteiger partial charge is 0.0372 e. The molecule has 0 unspecified atom stereocenters. The van der Waals surface area contributed by atoms with E-state index in [1.54, 1.807) is 0 Å². The average Bonchev–Trinajstić information content (AvgIpc) is 3.22. The van der Waals surface area contributed by atoms with Crippen LogP contribution in [0.1, 0.15) is 102 Å². The second-order valence-electron chi connectivity index (χ2n) is 10.8. The van der Waals surface area contributed by atoms with Crippen molar-refractivity contribution in [1.82, 2.24) is 10.6 Å². The van der Waals surface area contributed by atoms with Crippen molar-refractivity contribution >= 4 is 11.4 Å². The predicted octanol–water partition coefficient (Wildman–Crippen LogP) is 10.9. The first-order valence-electron chi connectivity index (χ1n) is 19.1. The molecule has 0 saturated heterocycles. The van der Waals surface area contributed by atoms with Crippen LogP contribution in [0.5, 0.6) is 0 Å². The van der Waals surface area contributed by atoms with Crippen molar-refractivity contribution in [3.63, 3.8) is 0 Å². The van der Waals surface area contributed by atoms with Gasteiger partial charge < -0.3 is 21.3 Å². The highest BCUT2D eigenvalue weighted by Gasteiger charge is 2.07. The van der Waals surface area contributed by atoms with Crippen LogP contribution in [-0.4, -0.2) is 26.2 Å². The van der Waals surface area contributed by atoms with Crippen LogP contribution in [0.4, 0.5) is 11.4 Å². The maximum absolute atomic E-state index is 3.36. The number of anilines is 2. The van der Waals surface area contributed by atoms with Crippen LogP contribution in [0.3, 0.4) is 0 Å². The van der Waals surface area contributed by atoms with Crippen LogP contribution < -0.4 is 21.3 Å². The number of hydrogen-bond acceptors (Lipinski definition) is 4. The number of fused-ring (bicyclic) bond motifs is 4. The molecular formula is C44H68N4. The topological polar surface area (TPSA) is 48.1 Å². The normalized spacial score (nSPS) is 13.8. The zero-order valence-corrected chi connectivity index (χ0v) is 31.7. The Labute approximate surface area is 295 Å². The lowest BCUT2D eigenvalue weighted by Gasteiger charge is -2.16. The van der Waals surface area contributed by atoms with E-state index in [0.29, 0.717) is 0 Å². The van der Waals surface area contributed by atoms with E-state index in [2.05, 4.69) is 118 Å². The largest absolute Gasteiger partial charge is 0.385 e. The number of hydrogen-bond donors (Lipinski definition) is 4. The number of aryl methyl sites for hydroxylation is 2. The van der Waals surface area contributed by atoms with Gasteiger partial charge in [-0.1, -0.05) is 140 Å². The first-order valence-corrected chi connectivity index (χ1v) is 19.1. The van der Waals surface area contributed by atoms with E-state index in [0.717, 1.165) is 39.3 Å². The zero-order chi connectivity index (χ0) is 35.2. The van der Waals surface area contributed by atoms with E-state index in [1.807, 2.05) is 55.4 Å². The minimum absolute atomic E-state index is 1.05. The minimum atomic E-state index is 1.05. The Kier molecular flexibility index (Phi) is 25.1. The van der Waals surface area contributed by atoms with Crippen molar-refractivity contribution in [1.29, 1.82) is 0 Å². The molecule has 4 aromatic carbocycles. The van der Waals surface area contributed by atoms with Gasteiger partial charge in [0.15, 0.2) is 0 Å². The molecule has 0 fully saturated rings. The Morgan fingerprint density at radius 2 is 0.646 bits per heavy atom. The van der Waals surface area contributed by atoms with E-state index in [4.69, 9.17) is 0 Å². The van der Waals surface area contributed by atoms with Crippen molar-refractivity contribution in [2.75, 3.05) is 36.8 Å². The summed E-state index contributed by atoms with van der Waals surface area (Å²) in [5.74, 6) is 0. The van der Waals surface area contributed by atoms with Crippen molar-refractivity contribution in [2.45, 2.75) is 107 Å². The van der Waals surface area contributed by atoms with E-state index in [-0.39, 0.29) is 0 Å². The average molecular weight is 653 g/mol. The van der Waals surface area contributed by atoms with E-state index in [1.165, 1.54) is 83.3 Å². The van der Waals surface area contributed by atoms with Gasteiger partial charge in [0.1, 0.15) is 0 Å². The van der Waals surface area contributed by atoms with Crippen LogP contribution in [0, 0.1) is 0 Å². The number of nitrogens with one attached hydrogen (secondary N) is 4. The molecule has 0 bridgehead atoms. The van der Waals surface area contributed by atoms with Crippen molar-refractivity contribution in [3.8, 4) is 0 Å². The molecule has 4 nitrogen and oxygen atoms in total. The second-order valence-corrected chi connectivity index (χ2v) is 10.8. The molecule has 264 valence electrons. The molecule has 4 heteroatoms. The van der Waals surface area contributed by atoms with Crippen LogP contribution in [0.2, 0.25) is 0 Å². The summed E-state index contributed by atoms with van der Waals surface area (Å²) >= 11 is 0. The zero-order valence-electron chi connectivity index (χ0n) is 31.7. The molecule has 48 heavy (non-hydrogen) atoms. The molecule has 0 aliphatic carbocycles. The Morgan fingerprint density at radius 1 is 0.333 bits per heavy atom. The molecule has 0 spiro atoms. The molecule has 0 saturated carbocycles. The summed E-state index contributed by atoms with van der Waals surface area (Å²) in [6.45, 7) is 22.6. The van der Waals surface area contributed by atoms with E-state index < -0.39 is 0 Å². The molecule has 4 aliphatic rings. The number of benzene rings is 4. The Bertz CT molecular complexity index is 1030. The van der Waals surface area contributed by atoms with Crippen LogP contribution in [0.15, 0.2) is 97.1 Å². The summed E-state index contributed by atoms with van der Waals surface area (Å²) in [6, 6.07) is 34.3. The van der Waals surface area contributed by atoms with Gasteiger partial charge in [0.25, 0.3) is 0 Å². The number of rotatable bonds is 0. The summed E-state index contributed by atoms with van der Waals surface area (Å²) in [7, 11) is 0. The maximum Gasteiger partial charge on any atom is 0.0372 e. The quantitative estimate of drug-likeness (QED) is 0.153. The molecule has 4 heterocycles. The SMILES string of the molecule is CC.CC.CC.CC.c1ccc2c(c1)CCCN2.c1ccc2c(c1)CCCN2.c1ccc2c(c1)CCNC2.c1ccc2c(c1)CCNC2. The molecule has 4 aromatic rings. The lowest BCUT2D eigenvalue weighted by atomic mass is 10.0. The third-order valence-corrected chi connectivity index (χ3v) is 7.92. The third-order valence-electron chi connectivity index (χ3n) is 7.92. The molecule has 8 rings (SSSR count). The number of para-hydroxylation sites is 2. The highest BCUT2D eigenvalue weighted by molar-refractivity contribution is 5.53. The molecule has 0 amide bonds. The highest BCUT2D eigenvalue weighted by atomic mass is 14.9. The standard InChI is InChI=1S/4C9H11N.4C2H6/c2*1-2-6-9-8(4-1)5-3-7-10-9;2*1-2-4-9-7-10-6-5-8(9)3-1;4*1-2/h2*1-2,4,6,10H,3,5,7H2;2*1-4,10H,5-7H2;4*1-2H3. The highest BCUT2D eigenvalue weighted by Crippen LogP contribution is 2.21. The summed E-state index contributed by atoms with van der Waals surface area (Å²) in [5, 5.41) is 13.4. The maximum atomic E-state index is 3.36. The van der Waals surface area contributed by atoms with Gasteiger partial charge in [0.2, 0.25) is 0 Å². The first-order chi connectivity index (χ1) is 23.9. The van der Waals surface area contributed by atoms with Gasteiger partial charge in [0.05, 0.1) is 0 Å². The summed E-state index contributed by atoms with van der Waals surface area (Å²) in [4.78, 5) is 0. The van der Waals surface area contributed by atoms with Gasteiger partial charge in [0, 0.05) is 37.6 Å². The molecule has 0 radical (unpaired) electrons. The van der Waals surface area contributed by atoms with Gasteiger partial charge in [-0.2, -0.15) is 0 Å². The molecule has 4 N–H and O–H groups in total. The van der Waals surface area contributed by atoms with Gasteiger partial charge in [-0.25, -0.2) is 0 Å². The summed E-state index contributed by atoms with van der Waals surface area (Å²) in [6.07, 6.45) is 7.41. The van der Waals surface area contributed by atoms with Crippen molar-refractivity contribution in [3.05, 3.63) is 130 Å². The fraction of sp³-hybridized carbons (Fsp3) is 0.455. The molecule has 4 aliphatic heterocycles. The fourth-order valence-electron chi connectivity index (χ4n) is 5.67. The van der Waals surface area contributed by atoms with Crippen LogP contribution >= 0.6 is 0 Å². The Hall–Kier alpha value is -3.60. The molecular weight excluding hydrogens is 585 g/mol. The fourth-order valence-corrected chi connectivity index (χ4v) is 5.67. The van der Waals surface area contributed by atoms with Gasteiger partial charge in [-0.15, -0.1) is 0 Å². The Balaban J connectivity index is 0.000000299. The summed E-state index contributed by atoms with van der Waals surface area (Å²) in [5.41, 5.74) is 11.6. The van der Waals surface area contributed by atoms with Crippen molar-refractivity contribution in [2.24, 2.45) is 0 Å². The minimum Gasteiger partial charge on any atom is -0.385 e. The van der Waals surface area contributed by atoms with E-state index in [9.17, 15) is 0 Å². The lowest BCUT2D eigenvalue weighted by molar-refractivity contribution is 0.644. The van der Waals surface area contributed by atoms with Gasteiger partial charge >= 0.3 is 0 Å². The monoisotopic (exact) mass is 653 g/mol. The second kappa shape index (κ2) is 28.4. The van der Waals surface area contributed by atoms with Crippen LogP contribution in [-0.2, 0) is 38.8 Å². The lowest BCUT2D eigenvalue weighted by Crippen LogP contribution is -2.23.